The number of carbonyl (C=O) groups is 1. The first-order valence-corrected chi connectivity index (χ1v) is 4.40. The molecule has 14 heavy (non-hydrogen) atoms. The molecule has 4 N–H and O–H groups in total. The number of nitrogens with two attached hydrogens (primary N) is 1. The van der Waals surface area contributed by atoms with Crippen LogP contribution in [-0.2, 0) is 0 Å². The van der Waals surface area contributed by atoms with Gasteiger partial charge in [0.05, 0.1) is 0 Å². The van der Waals surface area contributed by atoms with E-state index >= 15 is 0 Å². The van der Waals surface area contributed by atoms with E-state index in [9.17, 15) is 4.79 Å². The Kier molecular flexibility index (Phi) is 2.96. The van der Waals surface area contributed by atoms with Gasteiger partial charge in [-0.25, -0.2) is 4.79 Å². The minimum Gasteiger partial charge on any atom is -0.398 e. The Labute approximate surface area is 83.5 Å². The van der Waals surface area contributed by atoms with E-state index in [0.717, 1.165) is 16.8 Å². The number of hydrogen-bond donors (Lipinski definition) is 3. The number of benzene rings is 1. The molecular formula is C10H15N3O. The quantitative estimate of drug-likeness (QED) is 0.593. The van der Waals surface area contributed by atoms with Crippen LogP contribution in [0, 0.1) is 13.8 Å². The molecule has 0 aromatic heterocycles. The molecule has 0 spiro atoms. The number of anilines is 2. The number of urea groups is 1. The molecule has 4 nitrogen and oxygen atoms in total. The zero-order chi connectivity index (χ0) is 10.7. The summed E-state index contributed by atoms with van der Waals surface area (Å²) in [7, 11) is 1.57. The monoisotopic (exact) mass is 193 g/mol. The maximum absolute atomic E-state index is 11.1. The number of aryl methyl sites for hydroxylation is 2. The van der Waals surface area contributed by atoms with Gasteiger partial charge in [-0.1, -0.05) is 6.07 Å². The molecule has 0 fully saturated rings. The molecule has 0 saturated heterocycles. The van der Waals surface area contributed by atoms with Crippen molar-refractivity contribution < 1.29 is 4.79 Å². The van der Waals surface area contributed by atoms with Crippen molar-refractivity contribution in [2.45, 2.75) is 13.8 Å². The highest BCUT2D eigenvalue weighted by atomic mass is 16.2. The molecule has 0 aliphatic heterocycles. The smallest absolute Gasteiger partial charge is 0.318 e. The lowest BCUT2D eigenvalue weighted by Crippen LogP contribution is -2.24. The van der Waals surface area contributed by atoms with Gasteiger partial charge in [0, 0.05) is 18.4 Å². The van der Waals surface area contributed by atoms with E-state index in [0.29, 0.717) is 5.69 Å². The Bertz CT molecular complexity index is 361. The fourth-order valence-electron chi connectivity index (χ4n) is 1.19. The van der Waals surface area contributed by atoms with Crippen molar-refractivity contribution in [2.24, 2.45) is 0 Å². The summed E-state index contributed by atoms with van der Waals surface area (Å²) in [5.74, 6) is 0. The van der Waals surface area contributed by atoms with E-state index in [1.165, 1.54) is 0 Å². The third-order valence-electron chi connectivity index (χ3n) is 2.09. The molecule has 2 amide bonds. The number of nitrogens with one attached hydrogen (secondary N) is 2. The first-order chi connectivity index (χ1) is 6.54. The zero-order valence-electron chi connectivity index (χ0n) is 8.64. The lowest BCUT2D eigenvalue weighted by Gasteiger charge is -2.10. The highest BCUT2D eigenvalue weighted by Crippen LogP contribution is 2.21. The molecule has 1 rings (SSSR count). The predicted molar refractivity (Wildman–Crippen MR) is 58.4 cm³/mol. The molecule has 0 unspecified atom stereocenters. The summed E-state index contributed by atoms with van der Waals surface area (Å²) in [6.45, 7) is 3.86. The van der Waals surface area contributed by atoms with Crippen LogP contribution in [0.2, 0.25) is 0 Å². The van der Waals surface area contributed by atoms with Crippen molar-refractivity contribution >= 4 is 17.4 Å². The van der Waals surface area contributed by atoms with Gasteiger partial charge in [-0.15, -0.1) is 0 Å². The van der Waals surface area contributed by atoms with E-state index in [-0.39, 0.29) is 6.03 Å². The van der Waals surface area contributed by atoms with Crippen molar-refractivity contribution in [3.8, 4) is 0 Å². The van der Waals surface area contributed by atoms with E-state index in [1.807, 2.05) is 19.9 Å². The van der Waals surface area contributed by atoms with Crippen molar-refractivity contribution in [2.75, 3.05) is 18.1 Å². The van der Waals surface area contributed by atoms with Crippen LogP contribution in [0.5, 0.6) is 0 Å². The zero-order valence-corrected chi connectivity index (χ0v) is 8.64. The normalized spacial score (nSPS) is 9.64. The van der Waals surface area contributed by atoms with Gasteiger partial charge in [-0.2, -0.15) is 0 Å². The second-order valence-electron chi connectivity index (χ2n) is 3.23. The van der Waals surface area contributed by atoms with Gasteiger partial charge >= 0.3 is 6.03 Å². The van der Waals surface area contributed by atoms with Crippen LogP contribution >= 0.6 is 0 Å². The number of amides is 2. The summed E-state index contributed by atoms with van der Waals surface area (Å²) in [5.41, 5.74) is 9.18. The summed E-state index contributed by atoms with van der Waals surface area (Å²) in [6.07, 6.45) is 0. The largest absolute Gasteiger partial charge is 0.398 e. The van der Waals surface area contributed by atoms with Crippen LogP contribution in [0.1, 0.15) is 11.1 Å². The lowest BCUT2D eigenvalue weighted by molar-refractivity contribution is 0.254. The second kappa shape index (κ2) is 4.00. The number of hydrogen-bond acceptors (Lipinski definition) is 2. The molecule has 4 heteroatoms. The van der Waals surface area contributed by atoms with Crippen LogP contribution in [-0.4, -0.2) is 13.1 Å². The van der Waals surface area contributed by atoms with Crippen molar-refractivity contribution in [1.82, 2.24) is 5.32 Å². The lowest BCUT2D eigenvalue weighted by atomic mass is 10.1. The van der Waals surface area contributed by atoms with Gasteiger partial charge < -0.3 is 16.4 Å². The average Bonchev–Trinajstić information content (AvgIpc) is 2.14. The minimum absolute atomic E-state index is 0.239. The van der Waals surface area contributed by atoms with Crippen LogP contribution in [0.15, 0.2) is 12.1 Å². The first kappa shape index (κ1) is 10.4. The molecule has 1 aromatic carbocycles. The Balaban J connectivity index is 2.98. The summed E-state index contributed by atoms with van der Waals surface area (Å²) >= 11 is 0. The molecule has 76 valence electrons. The van der Waals surface area contributed by atoms with Gasteiger partial charge in [0.1, 0.15) is 0 Å². The van der Waals surface area contributed by atoms with Crippen LogP contribution in [0.3, 0.4) is 0 Å². The Morgan fingerprint density at radius 3 is 2.50 bits per heavy atom. The minimum atomic E-state index is -0.239. The number of carbonyl (C=O) groups excluding carboxylic acids is 1. The van der Waals surface area contributed by atoms with Crippen molar-refractivity contribution in [3.63, 3.8) is 0 Å². The predicted octanol–water partition coefficient (Wildman–Crippen LogP) is 1.64. The molecular weight excluding hydrogens is 178 g/mol. The summed E-state index contributed by atoms with van der Waals surface area (Å²) < 4.78 is 0. The van der Waals surface area contributed by atoms with Crippen LogP contribution < -0.4 is 16.4 Å². The molecule has 0 aliphatic rings. The van der Waals surface area contributed by atoms with Gasteiger partial charge in [-0.05, 0) is 31.0 Å². The average molecular weight is 193 g/mol. The van der Waals surface area contributed by atoms with E-state index in [4.69, 9.17) is 5.73 Å². The van der Waals surface area contributed by atoms with Crippen LogP contribution in [0.4, 0.5) is 16.2 Å². The third kappa shape index (κ3) is 2.16. The van der Waals surface area contributed by atoms with Crippen molar-refractivity contribution in [1.29, 1.82) is 0 Å². The number of nitrogen functional groups attached to an aromatic ring is 1. The van der Waals surface area contributed by atoms with E-state index in [2.05, 4.69) is 10.6 Å². The first-order valence-electron chi connectivity index (χ1n) is 4.40. The Morgan fingerprint density at radius 1 is 1.29 bits per heavy atom. The SMILES string of the molecule is CNC(=O)Nc1cc(N)c(C)cc1C. The summed E-state index contributed by atoms with van der Waals surface area (Å²) in [6, 6.07) is 3.47. The summed E-state index contributed by atoms with van der Waals surface area (Å²) in [4.78, 5) is 11.1. The molecule has 0 atom stereocenters. The maximum Gasteiger partial charge on any atom is 0.318 e. The molecule has 0 heterocycles. The van der Waals surface area contributed by atoms with Crippen LogP contribution in [0.25, 0.3) is 0 Å². The van der Waals surface area contributed by atoms with Gasteiger partial charge in [0.15, 0.2) is 0 Å². The second-order valence-corrected chi connectivity index (χ2v) is 3.23. The van der Waals surface area contributed by atoms with Gasteiger partial charge in [0.2, 0.25) is 0 Å². The highest BCUT2D eigenvalue weighted by molar-refractivity contribution is 5.90. The van der Waals surface area contributed by atoms with E-state index in [1.54, 1.807) is 13.1 Å². The fourth-order valence-corrected chi connectivity index (χ4v) is 1.19. The molecule has 0 radical (unpaired) electrons. The molecule has 0 aliphatic carbocycles. The van der Waals surface area contributed by atoms with E-state index < -0.39 is 0 Å². The summed E-state index contributed by atoms with van der Waals surface area (Å²) in [5, 5.41) is 5.18. The molecule has 1 aromatic rings. The Hall–Kier alpha value is -1.71. The van der Waals surface area contributed by atoms with Gasteiger partial charge in [0.25, 0.3) is 0 Å². The molecule has 0 bridgehead atoms. The Morgan fingerprint density at radius 2 is 1.93 bits per heavy atom. The third-order valence-corrected chi connectivity index (χ3v) is 2.09. The topological polar surface area (TPSA) is 67.2 Å². The fraction of sp³-hybridized carbons (Fsp3) is 0.300. The number of rotatable bonds is 1. The maximum atomic E-state index is 11.1. The van der Waals surface area contributed by atoms with Crippen molar-refractivity contribution in [3.05, 3.63) is 23.3 Å². The highest BCUT2D eigenvalue weighted by Gasteiger charge is 2.04. The van der Waals surface area contributed by atoms with Gasteiger partial charge in [-0.3, -0.25) is 0 Å². The molecule has 0 saturated carbocycles. The standard InChI is InChI=1S/C10H15N3O/c1-6-4-7(2)9(5-8(6)11)13-10(14)12-3/h4-5H,11H2,1-3H3,(H2,12,13,14).